The quantitative estimate of drug-likeness (QED) is 0.730. The van der Waals surface area contributed by atoms with E-state index >= 15 is 0 Å². The van der Waals surface area contributed by atoms with E-state index in [9.17, 15) is 4.79 Å². The molecule has 0 aliphatic carbocycles. The molecule has 1 atom stereocenters. The summed E-state index contributed by atoms with van der Waals surface area (Å²) >= 11 is 0. The van der Waals surface area contributed by atoms with Crippen LogP contribution in [-0.2, 0) is 11.3 Å². The lowest BCUT2D eigenvalue weighted by molar-refractivity contribution is 0.0353. The van der Waals surface area contributed by atoms with E-state index in [-0.39, 0.29) is 12.1 Å². The molecule has 4 nitrogen and oxygen atoms in total. The predicted octanol–water partition coefficient (Wildman–Crippen LogP) is 3.80. The number of carbonyl (C=O) groups is 1. The molecule has 0 bridgehead atoms. The molecule has 1 fully saturated rings. The summed E-state index contributed by atoms with van der Waals surface area (Å²) < 4.78 is 5.55. The van der Waals surface area contributed by atoms with E-state index in [0.29, 0.717) is 0 Å². The number of esters is 1. The summed E-state index contributed by atoms with van der Waals surface area (Å²) in [6.45, 7) is 8.73. The maximum absolute atomic E-state index is 11.9. The first kappa shape index (κ1) is 18.2. The highest BCUT2D eigenvalue weighted by Crippen LogP contribution is 2.33. The Bertz CT molecular complexity index is 779. The van der Waals surface area contributed by atoms with Crippen LogP contribution in [0.1, 0.15) is 46.0 Å². The molecule has 27 heavy (non-hydrogen) atoms. The Labute approximate surface area is 161 Å². The van der Waals surface area contributed by atoms with Gasteiger partial charge in [0.2, 0.25) is 0 Å². The van der Waals surface area contributed by atoms with Crippen LogP contribution >= 0.6 is 0 Å². The zero-order valence-corrected chi connectivity index (χ0v) is 16.1. The average molecular weight is 364 g/mol. The van der Waals surface area contributed by atoms with Crippen LogP contribution in [0, 0.1) is 6.92 Å². The highest BCUT2D eigenvalue weighted by molar-refractivity contribution is 5.93. The first-order valence-corrected chi connectivity index (χ1v) is 9.99. The molecule has 2 heterocycles. The molecular formula is C23H28N2O2. The van der Waals surface area contributed by atoms with Gasteiger partial charge < -0.3 is 9.64 Å². The van der Waals surface area contributed by atoms with Crippen LogP contribution in [0.2, 0.25) is 0 Å². The summed E-state index contributed by atoms with van der Waals surface area (Å²) in [7, 11) is 0. The molecule has 2 aliphatic rings. The fourth-order valence-corrected chi connectivity index (χ4v) is 4.06. The van der Waals surface area contributed by atoms with Gasteiger partial charge in [-0.15, -0.1) is 0 Å². The van der Waals surface area contributed by atoms with Crippen molar-refractivity contribution in [2.24, 2.45) is 0 Å². The second kappa shape index (κ2) is 8.24. The van der Waals surface area contributed by atoms with Crippen LogP contribution in [0.3, 0.4) is 0 Å². The Hall–Kier alpha value is -2.17. The third-order valence-electron chi connectivity index (χ3n) is 5.71. The van der Waals surface area contributed by atoms with E-state index < -0.39 is 0 Å². The first-order valence-electron chi connectivity index (χ1n) is 9.99. The molecule has 0 radical (unpaired) electrons. The van der Waals surface area contributed by atoms with Crippen molar-refractivity contribution < 1.29 is 9.53 Å². The second-order valence-electron chi connectivity index (χ2n) is 7.73. The van der Waals surface area contributed by atoms with Gasteiger partial charge in [-0.2, -0.15) is 0 Å². The smallest absolute Gasteiger partial charge is 0.339 e. The van der Waals surface area contributed by atoms with Gasteiger partial charge in [-0.3, -0.25) is 4.90 Å². The fraction of sp³-hybridized carbons (Fsp3) is 0.435. The molecule has 0 spiro atoms. The monoisotopic (exact) mass is 364 g/mol. The van der Waals surface area contributed by atoms with Crippen molar-refractivity contribution in [3.05, 3.63) is 70.8 Å². The van der Waals surface area contributed by atoms with Gasteiger partial charge in [0.1, 0.15) is 6.10 Å². The zero-order valence-electron chi connectivity index (χ0n) is 16.1. The van der Waals surface area contributed by atoms with Gasteiger partial charge in [-0.05, 0) is 37.9 Å². The van der Waals surface area contributed by atoms with E-state index in [2.05, 4.69) is 41.0 Å². The molecule has 4 rings (SSSR count). The average Bonchev–Trinajstić information content (AvgIpc) is 3.01. The Morgan fingerprint density at radius 3 is 2.44 bits per heavy atom. The lowest BCUT2D eigenvalue weighted by Crippen LogP contribution is -2.46. The van der Waals surface area contributed by atoms with E-state index in [1.807, 2.05) is 24.3 Å². The second-order valence-corrected chi connectivity index (χ2v) is 7.73. The molecule has 4 heteroatoms. The molecule has 0 aromatic heterocycles. The van der Waals surface area contributed by atoms with Crippen LogP contribution in [0.25, 0.3) is 0 Å². The maximum Gasteiger partial charge on any atom is 0.339 e. The molecule has 2 aromatic carbocycles. The highest BCUT2D eigenvalue weighted by Gasteiger charge is 2.30. The molecule has 2 aliphatic heterocycles. The molecule has 0 saturated carbocycles. The first-order chi connectivity index (χ1) is 13.2. The maximum atomic E-state index is 11.9. The molecule has 0 N–H and O–H groups in total. The van der Waals surface area contributed by atoms with Crippen LogP contribution in [0.5, 0.6) is 0 Å². The zero-order chi connectivity index (χ0) is 18.6. The standard InChI is InChI=1S/C23H28N2O2/c1-18-8-10-19(11-9-18)17-25-15-13-24(14-16-25)12-4-7-22-20-5-2-3-6-21(20)23(26)27-22/h2-3,5-6,8-11,22H,4,7,12-17H2,1H3. The number of nitrogens with zero attached hydrogens (tertiary/aromatic N) is 2. The van der Waals surface area contributed by atoms with Crippen LogP contribution in [0.4, 0.5) is 0 Å². The lowest BCUT2D eigenvalue weighted by atomic mass is 10.0. The third kappa shape index (κ3) is 4.40. The summed E-state index contributed by atoms with van der Waals surface area (Å²) in [4.78, 5) is 17.0. The Morgan fingerprint density at radius 2 is 1.67 bits per heavy atom. The summed E-state index contributed by atoms with van der Waals surface area (Å²) in [6.07, 6.45) is 1.91. The fourth-order valence-electron chi connectivity index (χ4n) is 4.06. The lowest BCUT2D eigenvalue weighted by Gasteiger charge is -2.34. The summed E-state index contributed by atoms with van der Waals surface area (Å²) in [5, 5.41) is 0. The van der Waals surface area contributed by atoms with Crippen molar-refractivity contribution in [1.29, 1.82) is 0 Å². The topological polar surface area (TPSA) is 32.8 Å². The molecule has 1 unspecified atom stereocenters. The van der Waals surface area contributed by atoms with Gasteiger partial charge in [-0.1, -0.05) is 48.0 Å². The van der Waals surface area contributed by atoms with Crippen molar-refractivity contribution in [2.45, 2.75) is 32.4 Å². The van der Waals surface area contributed by atoms with E-state index in [4.69, 9.17) is 4.74 Å². The van der Waals surface area contributed by atoms with Crippen molar-refractivity contribution in [1.82, 2.24) is 9.80 Å². The Morgan fingerprint density at radius 1 is 0.963 bits per heavy atom. The molecular weight excluding hydrogens is 336 g/mol. The normalized spacial score (nSPS) is 20.5. The van der Waals surface area contributed by atoms with Gasteiger partial charge in [0, 0.05) is 38.3 Å². The molecule has 1 saturated heterocycles. The minimum absolute atomic E-state index is 0.0588. The molecule has 142 valence electrons. The number of ether oxygens (including phenoxy) is 1. The van der Waals surface area contributed by atoms with Crippen LogP contribution < -0.4 is 0 Å². The van der Waals surface area contributed by atoms with E-state index in [0.717, 1.165) is 63.2 Å². The number of fused-ring (bicyclic) bond motifs is 1. The van der Waals surface area contributed by atoms with Gasteiger partial charge in [0.15, 0.2) is 0 Å². The number of piperazine rings is 1. The van der Waals surface area contributed by atoms with Crippen molar-refractivity contribution >= 4 is 5.97 Å². The Balaban J connectivity index is 1.19. The summed E-state index contributed by atoms with van der Waals surface area (Å²) in [5.74, 6) is -0.166. The van der Waals surface area contributed by atoms with Crippen molar-refractivity contribution in [3.63, 3.8) is 0 Å². The van der Waals surface area contributed by atoms with Gasteiger partial charge in [0.25, 0.3) is 0 Å². The number of benzene rings is 2. The number of rotatable bonds is 6. The number of cyclic esters (lactones) is 1. The minimum Gasteiger partial charge on any atom is -0.454 e. The van der Waals surface area contributed by atoms with E-state index in [1.165, 1.54) is 11.1 Å². The number of carbonyl (C=O) groups excluding carboxylic acids is 1. The highest BCUT2D eigenvalue weighted by atomic mass is 16.5. The molecule has 0 amide bonds. The Kier molecular flexibility index (Phi) is 5.55. The minimum atomic E-state index is -0.166. The molecule has 2 aromatic rings. The summed E-state index contributed by atoms with van der Waals surface area (Å²) in [5.41, 5.74) is 4.52. The number of hydrogen-bond donors (Lipinski definition) is 0. The van der Waals surface area contributed by atoms with Gasteiger partial charge in [-0.25, -0.2) is 4.79 Å². The third-order valence-corrected chi connectivity index (χ3v) is 5.71. The largest absolute Gasteiger partial charge is 0.454 e. The van der Waals surface area contributed by atoms with Crippen LogP contribution in [-0.4, -0.2) is 48.5 Å². The van der Waals surface area contributed by atoms with Crippen LogP contribution in [0.15, 0.2) is 48.5 Å². The van der Waals surface area contributed by atoms with Gasteiger partial charge in [0.05, 0.1) is 5.56 Å². The number of hydrogen-bond acceptors (Lipinski definition) is 4. The SMILES string of the molecule is Cc1ccc(CN2CCN(CCCC3OC(=O)c4ccccc43)CC2)cc1. The van der Waals surface area contributed by atoms with Crippen molar-refractivity contribution in [2.75, 3.05) is 32.7 Å². The van der Waals surface area contributed by atoms with E-state index in [1.54, 1.807) is 0 Å². The predicted molar refractivity (Wildman–Crippen MR) is 107 cm³/mol. The summed E-state index contributed by atoms with van der Waals surface area (Å²) in [6, 6.07) is 16.6. The number of aryl methyl sites for hydroxylation is 1. The van der Waals surface area contributed by atoms with Gasteiger partial charge >= 0.3 is 5.97 Å². The van der Waals surface area contributed by atoms with Crippen molar-refractivity contribution in [3.8, 4) is 0 Å².